The zero-order chi connectivity index (χ0) is 27.1. The minimum atomic E-state index is -1.50. The lowest BCUT2D eigenvalue weighted by Gasteiger charge is -2.23. The van der Waals surface area contributed by atoms with E-state index in [4.69, 9.17) is 41.4 Å². The third-order valence-electron chi connectivity index (χ3n) is 4.96. The lowest BCUT2D eigenvalue weighted by atomic mass is 10.00. The van der Waals surface area contributed by atoms with E-state index in [1.54, 1.807) is 17.5 Å². The van der Waals surface area contributed by atoms with E-state index >= 15 is 0 Å². The fourth-order valence-corrected chi connectivity index (χ4v) is 3.99. The molecule has 0 aliphatic heterocycles. The minimum absolute atomic E-state index is 0.487. The van der Waals surface area contributed by atoms with Crippen molar-refractivity contribution < 1.29 is 20.6 Å². The third-order valence-corrected chi connectivity index (χ3v) is 5.71. The van der Waals surface area contributed by atoms with Crippen LogP contribution in [0, 0.1) is 33.1 Å². The molecule has 0 radical (unpaired) electrons. The standard InChI is InChI=1S/C22H29N5S.2HNO3/c1-4-6-9-17(5-2)15-25-21(23)27(22-24-12-13-28-22)20-14-16(3)26-19-11-8-7-10-18(19)20;2*2-1(3)4/h7-8,10-14,17H,4-6,9,15H2,1-3H3,(H2,23,25);2*(H,2,3,4). The molecule has 1 atom stereocenters. The largest absolute Gasteiger partial charge is 0.369 e. The van der Waals surface area contributed by atoms with Gasteiger partial charge in [-0.1, -0.05) is 51.3 Å². The summed E-state index contributed by atoms with van der Waals surface area (Å²) in [6.45, 7) is 7.20. The number of anilines is 2. The first-order valence-corrected chi connectivity index (χ1v) is 12.0. The van der Waals surface area contributed by atoms with Gasteiger partial charge in [0.1, 0.15) is 0 Å². The van der Waals surface area contributed by atoms with E-state index in [0.717, 1.165) is 40.4 Å². The number of rotatable bonds is 8. The predicted molar refractivity (Wildman–Crippen MR) is 138 cm³/mol. The second-order valence-electron chi connectivity index (χ2n) is 7.54. The smallest absolute Gasteiger partial charge is 0.291 e. The van der Waals surface area contributed by atoms with Crippen molar-refractivity contribution in [2.45, 2.75) is 46.5 Å². The highest BCUT2D eigenvalue weighted by molar-refractivity contribution is 7.13. The number of aromatic nitrogens is 2. The van der Waals surface area contributed by atoms with Crippen LogP contribution in [0.3, 0.4) is 0 Å². The number of hydrogen-bond donors (Lipinski definition) is 3. The number of pyridine rings is 1. The summed E-state index contributed by atoms with van der Waals surface area (Å²) >= 11 is 1.56. The maximum Gasteiger partial charge on any atom is 0.291 e. The Hall–Kier alpha value is -4.07. The second-order valence-corrected chi connectivity index (χ2v) is 8.41. The van der Waals surface area contributed by atoms with E-state index in [-0.39, 0.29) is 0 Å². The predicted octanol–water partition coefficient (Wildman–Crippen LogP) is 4.97. The van der Waals surface area contributed by atoms with Gasteiger partial charge in [0, 0.05) is 29.2 Å². The molecular weight excluding hydrogens is 490 g/mol. The Labute approximate surface area is 212 Å². The van der Waals surface area contributed by atoms with Gasteiger partial charge in [-0.25, -0.2) is 4.98 Å². The Kier molecular flexibility index (Phi) is 13.1. The fourth-order valence-electron chi connectivity index (χ4n) is 3.33. The van der Waals surface area contributed by atoms with Gasteiger partial charge in [0.15, 0.2) is 5.13 Å². The summed E-state index contributed by atoms with van der Waals surface area (Å²) in [5, 5.41) is 31.1. The summed E-state index contributed by atoms with van der Waals surface area (Å²) in [6, 6.07) is 10.2. The van der Waals surface area contributed by atoms with Gasteiger partial charge in [0.2, 0.25) is 5.96 Å². The summed E-state index contributed by atoms with van der Waals surface area (Å²) in [5.74, 6) is 1.05. The molecule has 1 aromatic carbocycles. The van der Waals surface area contributed by atoms with Crippen LogP contribution in [0.4, 0.5) is 10.8 Å². The Bertz CT molecular complexity index is 1110. The average molecular weight is 522 g/mol. The Morgan fingerprint density at radius 2 is 1.86 bits per heavy atom. The monoisotopic (exact) mass is 521 g/mol. The average Bonchev–Trinajstić information content (AvgIpc) is 3.33. The Morgan fingerprint density at radius 1 is 1.22 bits per heavy atom. The highest BCUT2D eigenvalue weighted by Crippen LogP contribution is 2.33. The van der Waals surface area contributed by atoms with Gasteiger partial charge >= 0.3 is 0 Å². The van der Waals surface area contributed by atoms with Crippen LogP contribution >= 0.6 is 11.3 Å². The number of hydrogen-bond acceptors (Lipinski definition) is 8. The van der Waals surface area contributed by atoms with Crippen molar-refractivity contribution >= 4 is 39.0 Å². The first-order chi connectivity index (χ1) is 17.1. The van der Waals surface area contributed by atoms with Gasteiger partial charge in [0.25, 0.3) is 10.2 Å². The van der Waals surface area contributed by atoms with Crippen molar-refractivity contribution in [1.82, 2.24) is 9.97 Å². The fraction of sp³-hybridized carbons (Fsp3) is 0.409. The second kappa shape index (κ2) is 15.8. The molecule has 13 nitrogen and oxygen atoms in total. The number of nitrogens with two attached hydrogens (primary N) is 1. The maximum absolute atomic E-state index is 8.36. The van der Waals surface area contributed by atoms with E-state index in [2.05, 4.69) is 35.9 Å². The summed E-state index contributed by atoms with van der Waals surface area (Å²) in [6.07, 6.45) is 6.55. The topological polar surface area (TPSA) is 194 Å². The highest BCUT2D eigenvalue weighted by atomic mass is 32.1. The lowest BCUT2D eigenvalue weighted by Crippen LogP contribution is -2.34. The van der Waals surface area contributed by atoms with E-state index in [0.29, 0.717) is 11.9 Å². The maximum atomic E-state index is 8.36. The highest BCUT2D eigenvalue weighted by Gasteiger charge is 2.20. The third kappa shape index (κ3) is 10.5. The molecule has 0 saturated heterocycles. The molecule has 0 amide bonds. The molecule has 0 bridgehead atoms. The van der Waals surface area contributed by atoms with Gasteiger partial charge in [-0.05, 0) is 31.4 Å². The summed E-state index contributed by atoms with van der Waals surface area (Å²) in [5.41, 5.74) is 9.40. The number of aryl methyl sites for hydroxylation is 1. The van der Waals surface area contributed by atoms with Gasteiger partial charge < -0.3 is 16.1 Å². The summed E-state index contributed by atoms with van der Waals surface area (Å²) in [7, 11) is 0. The zero-order valence-electron chi connectivity index (χ0n) is 20.4. The van der Waals surface area contributed by atoms with Gasteiger partial charge in [0.05, 0.1) is 11.2 Å². The molecular formula is C22H31N7O6S. The van der Waals surface area contributed by atoms with Crippen LogP contribution in [-0.4, -0.2) is 43.1 Å². The summed E-state index contributed by atoms with van der Waals surface area (Å²) in [4.78, 5) is 32.6. The quantitative estimate of drug-likeness (QED) is 0.157. The molecule has 3 aromatic rings. The van der Waals surface area contributed by atoms with Crippen molar-refractivity contribution in [2.24, 2.45) is 16.6 Å². The van der Waals surface area contributed by atoms with E-state index in [1.165, 1.54) is 19.3 Å². The molecule has 2 heterocycles. The Morgan fingerprint density at radius 3 is 2.42 bits per heavy atom. The molecule has 14 heteroatoms. The van der Waals surface area contributed by atoms with E-state index < -0.39 is 10.2 Å². The van der Waals surface area contributed by atoms with Crippen molar-refractivity contribution in [3.05, 3.63) is 67.8 Å². The molecule has 0 aliphatic carbocycles. The molecule has 0 saturated carbocycles. The number of aliphatic imine (C=N–C) groups is 1. The van der Waals surface area contributed by atoms with Gasteiger partial charge in [-0.3, -0.25) is 14.9 Å². The van der Waals surface area contributed by atoms with Crippen LogP contribution in [0.2, 0.25) is 0 Å². The molecule has 0 fully saturated rings. The summed E-state index contributed by atoms with van der Waals surface area (Å²) < 4.78 is 0. The van der Waals surface area contributed by atoms with Crippen LogP contribution in [0.5, 0.6) is 0 Å². The van der Waals surface area contributed by atoms with Crippen LogP contribution in [0.15, 0.2) is 46.9 Å². The number of nitrogens with zero attached hydrogens (tertiary/aromatic N) is 6. The molecule has 196 valence electrons. The SMILES string of the molecule is CCCCC(CC)CN=C(N)N(c1nccs1)c1cc(C)nc2ccccc12.O=[N+]([O-])O.O=[N+]([O-])O. The van der Waals surface area contributed by atoms with E-state index in [1.807, 2.05) is 35.4 Å². The zero-order valence-corrected chi connectivity index (χ0v) is 21.2. The van der Waals surface area contributed by atoms with Crippen LogP contribution in [0.1, 0.15) is 45.2 Å². The number of fused-ring (bicyclic) bond motifs is 1. The molecule has 2 aromatic heterocycles. The number of para-hydroxylation sites is 1. The molecule has 36 heavy (non-hydrogen) atoms. The first-order valence-electron chi connectivity index (χ1n) is 11.1. The normalized spacial score (nSPS) is 11.5. The van der Waals surface area contributed by atoms with Crippen molar-refractivity contribution in [1.29, 1.82) is 0 Å². The van der Waals surface area contributed by atoms with Crippen LogP contribution in [0.25, 0.3) is 10.9 Å². The first kappa shape index (κ1) is 30.0. The number of guanidine groups is 1. The van der Waals surface area contributed by atoms with E-state index in [9.17, 15) is 0 Å². The minimum Gasteiger partial charge on any atom is -0.369 e. The van der Waals surface area contributed by atoms with Gasteiger partial charge in [-0.2, -0.15) is 0 Å². The number of benzene rings is 1. The Balaban J connectivity index is 0.000000709. The molecule has 0 spiro atoms. The van der Waals surface area contributed by atoms with Crippen molar-refractivity contribution in [2.75, 3.05) is 11.4 Å². The number of unbranched alkanes of at least 4 members (excludes halogenated alkanes) is 1. The molecule has 1 unspecified atom stereocenters. The van der Waals surface area contributed by atoms with Gasteiger partial charge in [-0.15, -0.1) is 31.6 Å². The molecule has 4 N–H and O–H groups in total. The lowest BCUT2D eigenvalue weighted by molar-refractivity contribution is -0.742. The van der Waals surface area contributed by atoms with Crippen molar-refractivity contribution in [3.8, 4) is 0 Å². The van der Waals surface area contributed by atoms with Crippen LogP contribution < -0.4 is 10.6 Å². The molecule has 3 rings (SSSR count). The van der Waals surface area contributed by atoms with Crippen LogP contribution in [-0.2, 0) is 0 Å². The molecule has 0 aliphatic rings. The number of thiazole rings is 1. The van der Waals surface area contributed by atoms with Crippen molar-refractivity contribution in [3.63, 3.8) is 0 Å².